The molecule has 0 saturated heterocycles. The molecule has 0 aromatic heterocycles. The van der Waals surface area contributed by atoms with Crippen LogP contribution in [-0.4, -0.2) is 0 Å². The van der Waals surface area contributed by atoms with E-state index in [1.165, 1.54) is 22.3 Å². The van der Waals surface area contributed by atoms with Gasteiger partial charge in [-0.1, -0.05) is 66.7 Å². The summed E-state index contributed by atoms with van der Waals surface area (Å²) in [6.07, 6.45) is 1.51. The van der Waals surface area contributed by atoms with Crippen molar-refractivity contribution in [2.45, 2.75) is 12.8 Å². The highest BCUT2D eigenvalue weighted by Crippen LogP contribution is 2.28. The van der Waals surface area contributed by atoms with E-state index in [1.807, 2.05) is 42.5 Å². The van der Waals surface area contributed by atoms with Crippen LogP contribution in [-0.2, 0) is 12.8 Å². The first-order chi connectivity index (χ1) is 14.2. The summed E-state index contributed by atoms with van der Waals surface area (Å²) in [5, 5.41) is 20.9. The van der Waals surface area contributed by atoms with Crippen LogP contribution in [0.15, 0.2) is 91.0 Å². The molecule has 0 atom stereocenters. The third kappa shape index (κ3) is 4.34. The molecule has 0 aliphatic rings. The van der Waals surface area contributed by atoms with Gasteiger partial charge in [-0.2, -0.15) is 10.5 Å². The monoisotopic (exact) mass is 371 g/mol. The first-order valence-electron chi connectivity index (χ1n) is 9.57. The van der Waals surface area contributed by atoms with E-state index in [0.29, 0.717) is 11.1 Å². The lowest BCUT2D eigenvalue weighted by molar-refractivity contribution is 0.898. The molecular weight excluding hydrogens is 352 g/mol. The van der Waals surface area contributed by atoms with Gasteiger partial charge < -0.3 is 0 Å². The molecule has 0 N–H and O–H groups in total. The number of nitriles is 2. The summed E-state index contributed by atoms with van der Waals surface area (Å²) in [4.78, 5) is 0. The largest absolute Gasteiger partial charge is 0.192 e. The molecule has 0 unspecified atom stereocenters. The van der Waals surface area contributed by atoms with Gasteiger partial charge in [0.15, 0.2) is 0 Å². The molecule has 2 nitrogen and oxygen atoms in total. The fourth-order valence-electron chi connectivity index (χ4n) is 3.67. The van der Waals surface area contributed by atoms with Gasteiger partial charge in [0.1, 0.15) is 0 Å². The Labute approximate surface area is 171 Å². The lowest BCUT2D eigenvalue weighted by Gasteiger charge is -2.18. The maximum absolute atomic E-state index is 9.24. The topological polar surface area (TPSA) is 47.6 Å². The van der Waals surface area contributed by atoms with Crippen LogP contribution in [0.4, 0.5) is 0 Å². The second-order valence-electron chi connectivity index (χ2n) is 7.14. The van der Waals surface area contributed by atoms with E-state index in [-0.39, 0.29) is 0 Å². The van der Waals surface area contributed by atoms with Gasteiger partial charge in [-0.25, -0.2) is 0 Å². The average molecular weight is 371 g/mol. The first kappa shape index (κ1) is 18.5. The molecule has 0 fully saturated rings. The van der Waals surface area contributed by atoms with Crippen molar-refractivity contribution in [3.05, 3.63) is 125 Å². The molecule has 0 saturated carbocycles. The Balaban J connectivity index is 1.72. The molecule has 1 radical (unpaired) electrons. The summed E-state index contributed by atoms with van der Waals surface area (Å²) in [5.41, 5.74) is 4.76. The first-order valence-corrected chi connectivity index (χ1v) is 9.57. The summed E-state index contributed by atoms with van der Waals surface area (Å²) in [5.74, 6) is 1.26. The van der Waals surface area contributed by atoms with Crippen molar-refractivity contribution in [3.63, 3.8) is 0 Å². The fraction of sp³-hybridized carbons (Fsp3) is 0.0741. The third-order valence-electron chi connectivity index (χ3n) is 5.10. The van der Waals surface area contributed by atoms with Crippen molar-refractivity contribution in [2.75, 3.05) is 0 Å². The van der Waals surface area contributed by atoms with Crippen LogP contribution in [0, 0.1) is 28.6 Å². The predicted octanol–water partition coefficient (Wildman–Crippen LogP) is 5.99. The van der Waals surface area contributed by atoms with Crippen LogP contribution >= 0.6 is 0 Å². The summed E-state index contributed by atoms with van der Waals surface area (Å²) < 4.78 is 0. The number of fused-ring (bicyclic) bond motifs is 1. The Kier molecular flexibility index (Phi) is 5.37. The lowest BCUT2D eigenvalue weighted by atomic mass is 9.85. The van der Waals surface area contributed by atoms with Gasteiger partial charge in [0.25, 0.3) is 0 Å². The van der Waals surface area contributed by atoms with Gasteiger partial charge in [0.05, 0.1) is 23.3 Å². The smallest absolute Gasteiger partial charge is 0.0991 e. The second kappa shape index (κ2) is 8.42. The summed E-state index contributed by atoms with van der Waals surface area (Å²) in [6, 6.07) is 34.9. The van der Waals surface area contributed by atoms with Gasteiger partial charge in [-0.3, -0.25) is 0 Å². The zero-order valence-electron chi connectivity index (χ0n) is 16.0. The van der Waals surface area contributed by atoms with Crippen LogP contribution < -0.4 is 0 Å². The highest BCUT2D eigenvalue weighted by atomic mass is 14.2. The second-order valence-corrected chi connectivity index (χ2v) is 7.14. The highest BCUT2D eigenvalue weighted by molar-refractivity contribution is 5.83. The van der Waals surface area contributed by atoms with Gasteiger partial charge >= 0.3 is 0 Å². The Morgan fingerprint density at radius 3 is 1.76 bits per heavy atom. The van der Waals surface area contributed by atoms with Crippen molar-refractivity contribution in [3.8, 4) is 12.1 Å². The number of hydrogen-bond acceptors (Lipinski definition) is 2. The van der Waals surface area contributed by atoms with Crippen LogP contribution in [0.5, 0.6) is 0 Å². The van der Waals surface area contributed by atoms with Crippen LogP contribution in [0.1, 0.15) is 27.8 Å². The van der Waals surface area contributed by atoms with E-state index >= 15 is 0 Å². The molecule has 2 heteroatoms. The molecule has 0 bridgehead atoms. The van der Waals surface area contributed by atoms with E-state index in [2.05, 4.69) is 60.7 Å². The summed E-state index contributed by atoms with van der Waals surface area (Å²) >= 11 is 0. The Hall–Kier alpha value is -3.88. The van der Waals surface area contributed by atoms with Crippen molar-refractivity contribution < 1.29 is 0 Å². The van der Waals surface area contributed by atoms with Gasteiger partial charge in [0.2, 0.25) is 0 Å². The van der Waals surface area contributed by atoms with Crippen molar-refractivity contribution >= 4 is 10.8 Å². The minimum absolute atomic E-state index is 0.673. The molecule has 0 amide bonds. The molecule has 0 heterocycles. The molecule has 4 rings (SSSR count). The maximum atomic E-state index is 9.24. The Morgan fingerprint density at radius 1 is 0.586 bits per heavy atom. The van der Waals surface area contributed by atoms with E-state index in [9.17, 15) is 10.5 Å². The standard InChI is InChI=1S/C27H19N2/c28-18-22-7-3-5-20(13-22)15-27(16-21-6-4-8-23(14-21)19-29)26-12-11-24-9-1-2-10-25(24)17-26/h1-14,17H,15-16H2. The SMILES string of the molecule is N#Cc1cccc(C[C](Cc2cccc(C#N)c2)c2ccc3ccccc3c2)c1. The van der Waals surface area contributed by atoms with E-state index in [1.54, 1.807) is 0 Å². The Bertz CT molecular complexity index is 1180. The molecule has 0 aliphatic heterocycles. The third-order valence-corrected chi connectivity index (χ3v) is 5.10. The van der Waals surface area contributed by atoms with Gasteiger partial charge in [0, 0.05) is 5.92 Å². The Morgan fingerprint density at radius 2 is 1.17 bits per heavy atom. The lowest BCUT2D eigenvalue weighted by Crippen LogP contribution is -2.08. The van der Waals surface area contributed by atoms with E-state index < -0.39 is 0 Å². The average Bonchev–Trinajstić information content (AvgIpc) is 2.78. The van der Waals surface area contributed by atoms with E-state index in [0.717, 1.165) is 24.0 Å². The minimum Gasteiger partial charge on any atom is -0.192 e. The van der Waals surface area contributed by atoms with Crippen LogP contribution in [0.25, 0.3) is 10.8 Å². The summed E-state index contributed by atoms with van der Waals surface area (Å²) in [6.45, 7) is 0. The number of hydrogen-bond donors (Lipinski definition) is 0. The molecule has 0 aliphatic carbocycles. The molecular formula is C27H19N2. The quantitative estimate of drug-likeness (QED) is 0.432. The van der Waals surface area contributed by atoms with Gasteiger partial charge in [-0.05, 0) is 64.6 Å². The minimum atomic E-state index is 0.673. The number of benzene rings is 4. The summed E-state index contributed by atoms with van der Waals surface area (Å²) in [7, 11) is 0. The van der Waals surface area contributed by atoms with Crippen molar-refractivity contribution in [1.82, 2.24) is 0 Å². The number of nitrogens with zero attached hydrogens (tertiary/aromatic N) is 2. The number of rotatable bonds is 5. The zero-order valence-corrected chi connectivity index (χ0v) is 16.0. The molecule has 4 aromatic rings. The van der Waals surface area contributed by atoms with Crippen LogP contribution in [0.2, 0.25) is 0 Å². The van der Waals surface area contributed by atoms with E-state index in [4.69, 9.17) is 0 Å². The normalized spacial score (nSPS) is 10.6. The zero-order chi connectivity index (χ0) is 20.1. The fourth-order valence-corrected chi connectivity index (χ4v) is 3.67. The maximum Gasteiger partial charge on any atom is 0.0991 e. The predicted molar refractivity (Wildman–Crippen MR) is 116 cm³/mol. The van der Waals surface area contributed by atoms with Crippen LogP contribution in [0.3, 0.4) is 0 Å². The molecule has 4 aromatic carbocycles. The highest BCUT2D eigenvalue weighted by Gasteiger charge is 2.16. The van der Waals surface area contributed by atoms with Gasteiger partial charge in [-0.15, -0.1) is 0 Å². The molecule has 0 spiro atoms. The van der Waals surface area contributed by atoms with Crippen molar-refractivity contribution in [2.24, 2.45) is 0 Å². The molecule has 29 heavy (non-hydrogen) atoms. The van der Waals surface area contributed by atoms with Crippen molar-refractivity contribution in [1.29, 1.82) is 10.5 Å². The molecule has 137 valence electrons.